The second-order valence-electron chi connectivity index (χ2n) is 5.24. The summed E-state index contributed by atoms with van der Waals surface area (Å²) in [7, 11) is 0. The molecule has 2 unspecified atom stereocenters. The highest BCUT2D eigenvalue weighted by atomic mass is 16.5. The summed E-state index contributed by atoms with van der Waals surface area (Å²) in [5.41, 5.74) is -0.964. The van der Waals surface area contributed by atoms with E-state index in [9.17, 15) is 14.7 Å². The second-order valence-corrected chi connectivity index (χ2v) is 5.24. The van der Waals surface area contributed by atoms with Gasteiger partial charge in [0.25, 0.3) is 0 Å². The van der Waals surface area contributed by atoms with Gasteiger partial charge in [-0.2, -0.15) is 0 Å². The molecule has 2 atom stereocenters. The Bertz CT molecular complexity index is 338. The van der Waals surface area contributed by atoms with Crippen LogP contribution in [-0.4, -0.2) is 47.2 Å². The standard InChI is InChI=1S/C13H21NO4/c1-2-5-13(12(16)17)6-3-7-14(13)11(15)10-4-8-18-9-10/h10H,2-9H2,1H3,(H,16,17). The quantitative estimate of drug-likeness (QED) is 0.821. The third kappa shape index (κ3) is 2.11. The van der Waals surface area contributed by atoms with Gasteiger partial charge in [0.15, 0.2) is 0 Å². The maximum atomic E-state index is 12.4. The minimum atomic E-state index is -0.964. The van der Waals surface area contributed by atoms with Crippen LogP contribution in [0.25, 0.3) is 0 Å². The van der Waals surface area contributed by atoms with E-state index < -0.39 is 11.5 Å². The lowest BCUT2D eigenvalue weighted by atomic mass is 9.89. The lowest BCUT2D eigenvalue weighted by Gasteiger charge is -2.36. The average Bonchev–Trinajstić information content (AvgIpc) is 2.98. The zero-order valence-corrected chi connectivity index (χ0v) is 10.9. The Morgan fingerprint density at radius 2 is 2.28 bits per heavy atom. The van der Waals surface area contributed by atoms with Gasteiger partial charge in [-0.05, 0) is 25.7 Å². The molecule has 102 valence electrons. The number of ether oxygens (including phenoxy) is 1. The normalized spacial score (nSPS) is 31.8. The number of rotatable bonds is 4. The Morgan fingerprint density at radius 3 is 2.83 bits per heavy atom. The van der Waals surface area contributed by atoms with Crippen LogP contribution in [0.3, 0.4) is 0 Å². The van der Waals surface area contributed by atoms with E-state index in [-0.39, 0.29) is 11.8 Å². The van der Waals surface area contributed by atoms with Gasteiger partial charge in [-0.25, -0.2) is 4.79 Å². The molecule has 2 fully saturated rings. The van der Waals surface area contributed by atoms with Gasteiger partial charge >= 0.3 is 5.97 Å². The van der Waals surface area contributed by atoms with Crippen molar-refractivity contribution in [1.29, 1.82) is 0 Å². The fraction of sp³-hybridized carbons (Fsp3) is 0.846. The molecule has 0 aromatic carbocycles. The van der Waals surface area contributed by atoms with E-state index in [1.165, 1.54) is 0 Å². The number of hydrogen-bond acceptors (Lipinski definition) is 3. The van der Waals surface area contributed by atoms with Gasteiger partial charge in [0.1, 0.15) is 5.54 Å². The Kier molecular flexibility index (Phi) is 3.90. The number of carbonyl (C=O) groups excluding carboxylic acids is 1. The molecular weight excluding hydrogens is 234 g/mol. The fourth-order valence-electron chi connectivity index (χ4n) is 3.15. The van der Waals surface area contributed by atoms with Crippen molar-refractivity contribution in [3.63, 3.8) is 0 Å². The fourth-order valence-corrected chi connectivity index (χ4v) is 3.15. The summed E-state index contributed by atoms with van der Waals surface area (Å²) in [6.45, 7) is 3.58. The van der Waals surface area contributed by atoms with Crippen molar-refractivity contribution in [3.8, 4) is 0 Å². The van der Waals surface area contributed by atoms with Crippen molar-refractivity contribution in [1.82, 2.24) is 4.90 Å². The zero-order chi connectivity index (χ0) is 13.2. The SMILES string of the molecule is CCCC1(C(=O)O)CCCN1C(=O)C1CCOC1. The molecule has 1 amide bonds. The lowest BCUT2D eigenvalue weighted by Crippen LogP contribution is -2.54. The molecule has 2 rings (SSSR count). The molecule has 2 heterocycles. The summed E-state index contributed by atoms with van der Waals surface area (Å²) >= 11 is 0. The molecule has 18 heavy (non-hydrogen) atoms. The summed E-state index contributed by atoms with van der Waals surface area (Å²) in [6.07, 6.45) is 3.40. The number of carboxylic acids is 1. The minimum Gasteiger partial charge on any atom is -0.479 e. The zero-order valence-electron chi connectivity index (χ0n) is 10.9. The van der Waals surface area contributed by atoms with Gasteiger partial charge in [-0.1, -0.05) is 13.3 Å². The highest BCUT2D eigenvalue weighted by Crippen LogP contribution is 2.36. The van der Waals surface area contributed by atoms with E-state index in [1.807, 2.05) is 6.92 Å². The van der Waals surface area contributed by atoms with Crippen LogP contribution in [0.4, 0.5) is 0 Å². The van der Waals surface area contributed by atoms with Crippen LogP contribution in [0.2, 0.25) is 0 Å². The summed E-state index contributed by atoms with van der Waals surface area (Å²) in [5.74, 6) is -1.02. The molecule has 2 aliphatic heterocycles. The predicted octanol–water partition coefficient (Wildman–Crippen LogP) is 1.27. The Labute approximate surface area is 107 Å². The van der Waals surface area contributed by atoms with E-state index in [0.29, 0.717) is 32.6 Å². The van der Waals surface area contributed by atoms with Crippen LogP contribution in [0.15, 0.2) is 0 Å². The maximum Gasteiger partial charge on any atom is 0.329 e. The van der Waals surface area contributed by atoms with Crippen LogP contribution in [0.5, 0.6) is 0 Å². The monoisotopic (exact) mass is 255 g/mol. The van der Waals surface area contributed by atoms with E-state index in [4.69, 9.17) is 4.74 Å². The molecule has 5 nitrogen and oxygen atoms in total. The number of amides is 1. The average molecular weight is 255 g/mol. The molecule has 1 N–H and O–H groups in total. The molecule has 0 aromatic heterocycles. The van der Waals surface area contributed by atoms with E-state index in [0.717, 1.165) is 19.3 Å². The molecule has 0 aliphatic carbocycles. The van der Waals surface area contributed by atoms with Crippen molar-refractivity contribution in [2.75, 3.05) is 19.8 Å². The molecule has 5 heteroatoms. The van der Waals surface area contributed by atoms with Crippen LogP contribution in [0, 0.1) is 5.92 Å². The number of likely N-dealkylation sites (tertiary alicyclic amines) is 1. The van der Waals surface area contributed by atoms with Gasteiger partial charge in [0, 0.05) is 13.2 Å². The van der Waals surface area contributed by atoms with E-state index in [2.05, 4.69) is 0 Å². The smallest absolute Gasteiger partial charge is 0.329 e. The van der Waals surface area contributed by atoms with E-state index in [1.54, 1.807) is 4.90 Å². The topological polar surface area (TPSA) is 66.8 Å². The first-order chi connectivity index (χ1) is 8.62. The van der Waals surface area contributed by atoms with Crippen molar-refractivity contribution >= 4 is 11.9 Å². The van der Waals surface area contributed by atoms with Gasteiger partial charge in [0.2, 0.25) is 5.91 Å². The Hall–Kier alpha value is -1.10. The highest BCUT2D eigenvalue weighted by Gasteiger charge is 2.50. The molecule has 0 radical (unpaired) electrons. The molecule has 0 aromatic rings. The Balaban J connectivity index is 2.18. The molecular formula is C13H21NO4. The van der Waals surface area contributed by atoms with Crippen molar-refractivity contribution in [2.45, 2.75) is 44.6 Å². The van der Waals surface area contributed by atoms with Crippen molar-refractivity contribution < 1.29 is 19.4 Å². The molecule has 0 bridgehead atoms. The van der Waals surface area contributed by atoms with Crippen LogP contribution < -0.4 is 0 Å². The Morgan fingerprint density at radius 1 is 1.50 bits per heavy atom. The van der Waals surface area contributed by atoms with Crippen molar-refractivity contribution in [2.24, 2.45) is 5.92 Å². The summed E-state index contributed by atoms with van der Waals surface area (Å²) in [5, 5.41) is 9.53. The minimum absolute atomic E-state index is 0.0270. The third-order valence-electron chi connectivity index (χ3n) is 4.10. The first-order valence-corrected chi connectivity index (χ1v) is 6.74. The number of carboxylic acid groups (broad SMARTS) is 1. The second kappa shape index (κ2) is 5.26. The summed E-state index contributed by atoms with van der Waals surface area (Å²) in [4.78, 5) is 25.7. The van der Waals surface area contributed by atoms with Gasteiger partial charge in [-0.15, -0.1) is 0 Å². The summed E-state index contributed by atoms with van der Waals surface area (Å²) < 4.78 is 5.23. The van der Waals surface area contributed by atoms with Crippen LogP contribution in [0.1, 0.15) is 39.0 Å². The maximum absolute atomic E-state index is 12.4. The van der Waals surface area contributed by atoms with Crippen molar-refractivity contribution in [3.05, 3.63) is 0 Å². The van der Waals surface area contributed by atoms with Gasteiger partial charge in [-0.3, -0.25) is 4.79 Å². The first kappa shape index (κ1) is 13.3. The van der Waals surface area contributed by atoms with Crippen LogP contribution in [-0.2, 0) is 14.3 Å². The lowest BCUT2D eigenvalue weighted by molar-refractivity contribution is -0.158. The number of carbonyl (C=O) groups is 2. The molecule has 2 saturated heterocycles. The predicted molar refractivity (Wildman–Crippen MR) is 65.1 cm³/mol. The molecule has 2 aliphatic rings. The first-order valence-electron chi connectivity index (χ1n) is 6.74. The number of nitrogens with zero attached hydrogens (tertiary/aromatic N) is 1. The summed E-state index contributed by atoms with van der Waals surface area (Å²) in [6, 6.07) is 0. The molecule has 0 saturated carbocycles. The van der Waals surface area contributed by atoms with Gasteiger partial charge < -0.3 is 14.7 Å². The highest BCUT2D eigenvalue weighted by molar-refractivity contribution is 5.89. The van der Waals surface area contributed by atoms with Crippen LogP contribution >= 0.6 is 0 Å². The van der Waals surface area contributed by atoms with E-state index >= 15 is 0 Å². The van der Waals surface area contributed by atoms with Gasteiger partial charge in [0.05, 0.1) is 12.5 Å². The number of aliphatic carboxylic acids is 1. The largest absolute Gasteiger partial charge is 0.479 e. The molecule has 0 spiro atoms. The number of hydrogen-bond donors (Lipinski definition) is 1. The third-order valence-corrected chi connectivity index (χ3v) is 4.10.